The summed E-state index contributed by atoms with van der Waals surface area (Å²) in [4.78, 5) is 4.49. The first kappa shape index (κ1) is 17.2. The standard InChI is InChI=1S/C14H31NSSi/c1-6-8-9-12-15-13-10-11-14(7-2)16-17(3,4)5/h12,14H,6-11,13H2,1-5H3. The van der Waals surface area contributed by atoms with Crippen LogP contribution >= 0.6 is 11.2 Å². The fourth-order valence-electron chi connectivity index (χ4n) is 1.73. The maximum absolute atomic E-state index is 4.49. The molecular formula is C14H31NSSi. The second-order valence-electron chi connectivity index (χ2n) is 5.63. The van der Waals surface area contributed by atoms with Gasteiger partial charge in [-0.1, -0.05) is 39.9 Å². The van der Waals surface area contributed by atoms with E-state index in [1.807, 2.05) is 0 Å². The van der Waals surface area contributed by atoms with Gasteiger partial charge in [-0.15, -0.1) is 0 Å². The summed E-state index contributed by atoms with van der Waals surface area (Å²) in [5, 5.41) is 0.868. The lowest BCUT2D eigenvalue weighted by atomic mass is 10.2. The van der Waals surface area contributed by atoms with Crippen molar-refractivity contribution < 1.29 is 0 Å². The molecule has 3 heteroatoms. The Labute approximate surface area is 114 Å². The van der Waals surface area contributed by atoms with Gasteiger partial charge in [-0.25, -0.2) is 0 Å². The Morgan fingerprint density at radius 2 is 1.88 bits per heavy atom. The van der Waals surface area contributed by atoms with Crippen molar-refractivity contribution in [2.24, 2.45) is 4.99 Å². The Balaban J connectivity index is 3.60. The van der Waals surface area contributed by atoms with E-state index in [0.29, 0.717) is 0 Å². The first-order valence-electron chi connectivity index (χ1n) is 7.15. The van der Waals surface area contributed by atoms with Crippen LogP contribution in [0.1, 0.15) is 52.4 Å². The number of unbranched alkanes of at least 4 members (excludes halogenated alkanes) is 2. The molecule has 0 aromatic carbocycles. The van der Waals surface area contributed by atoms with E-state index in [2.05, 4.69) is 55.9 Å². The van der Waals surface area contributed by atoms with Crippen LogP contribution in [-0.4, -0.2) is 25.2 Å². The van der Waals surface area contributed by atoms with Crippen LogP contribution in [0.3, 0.4) is 0 Å². The van der Waals surface area contributed by atoms with Crippen LogP contribution in [0.4, 0.5) is 0 Å². The zero-order chi connectivity index (χ0) is 13.1. The number of rotatable bonds is 10. The molecule has 0 aliphatic carbocycles. The molecule has 0 heterocycles. The summed E-state index contributed by atoms with van der Waals surface area (Å²) in [7, 11) is -0.949. The van der Waals surface area contributed by atoms with Crippen LogP contribution in [0, 0.1) is 0 Å². The van der Waals surface area contributed by atoms with Crippen molar-refractivity contribution in [3.8, 4) is 0 Å². The SMILES string of the molecule is CCCCC=NCCCC(CC)S[Si](C)(C)C. The summed E-state index contributed by atoms with van der Waals surface area (Å²) < 4.78 is 0. The summed E-state index contributed by atoms with van der Waals surface area (Å²) >= 11 is 2.26. The topological polar surface area (TPSA) is 12.4 Å². The van der Waals surface area contributed by atoms with Crippen molar-refractivity contribution in [2.75, 3.05) is 6.54 Å². The van der Waals surface area contributed by atoms with Gasteiger partial charge in [0.05, 0.1) is 0 Å². The van der Waals surface area contributed by atoms with E-state index in [1.54, 1.807) is 0 Å². The number of hydrogen-bond donors (Lipinski definition) is 0. The molecule has 0 spiro atoms. The molecule has 0 aliphatic heterocycles. The van der Waals surface area contributed by atoms with Gasteiger partial charge in [-0.05, 0) is 43.6 Å². The predicted molar refractivity (Wildman–Crippen MR) is 87.1 cm³/mol. The lowest BCUT2D eigenvalue weighted by molar-refractivity contribution is 0.692. The number of nitrogens with zero attached hydrogens (tertiary/aromatic N) is 1. The van der Waals surface area contributed by atoms with E-state index in [0.717, 1.165) is 18.2 Å². The summed E-state index contributed by atoms with van der Waals surface area (Å²) in [6, 6.07) is 0. The highest BCUT2D eigenvalue weighted by Gasteiger charge is 2.19. The first-order valence-corrected chi connectivity index (χ1v) is 12.3. The van der Waals surface area contributed by atoms with Gasteiger partial charge >= 0.3 is 0 Å². The van der Waals surface area contributed by atoms with Gasteiger partial charge in [-0.3, -0.25) is 4.99 Å². The Morgan fingerprint density at radius 3 is 2.41 bits per heavy atom. The maximum Gasteiger partial charge on any atom is 0.108 e. The fourth-order valence-corrected chi connectivity index (χ4v) is 7.04. The monoisotopic (exact) mass is 273 g/mol. The minimum atomic E-state index is -0.949. The molecule has 1 atom stereocenters. The van der Waals surface area contributed by atoms with Crippen molar-refractivity contribution in [1.29, 1.82) is 0 Å². The Morgan fingerprint density at radius 1 is 1.18 bits per heavy atom. The zero-order valence-electron chi connectivity index (χ0n) is 12.5. The third-order valence-corrected chi connectivity index (χ3v) is 7.34. The predicted octanol–water partition coefficient (Wildman–Crippen LogP) is 5.37. The first-order chi connectivity index (χ1) is 7.99. The number of aliphatic imine (C=N–C) groups is 1. The van der Waals surface area contributed by atoms with Gasteiger partial charge in [0.25, 0.3) is 0 Å². The Hall–Kier alpha value is 0.237. The third-order valence-electron chi connectivity index (χ3n) is 2.60. The normalized spacial score (nSPS) is 14.4. The van der Waals surface area contributed by atoms with E-state index in [4.69, 9.17) is 0 Å². The molecule has 0 bridgehead atoms. The van der Waals surface area contributed by atoms with Crippen molar-refractivity contribution in [2.45, 2.75) is 77.3 Å². The molecule has 0 aromatic heterocycles. The summed E-state index contributed by atoms with van der Waals surface area (Å²) in [6.45, 7) is 12.9. The van der Waals surface area contributed by atoms with Crippen LogP contribution in [0.25, 0.3) is 0 Å². The summed E-state index contributed by atoms with van der Waals surface area (Å²) in [5.41, 5.74) is 0. The van der Waals surface area contributed by atoms with Gasteiger partial charge in [0.1, 0.15) is 7.22 Å². The molecule has 0 N–H and O–H groups in total. The van der Waals surface area contributed by atoms with Gasteiger partial charge in [0.15, 0.2) is 0 Å². The molecule has 102 valence electrons. The second-order valence-corrected chi connectivity index (χ2v) is 15.1. The Bertz CT molecular complexity index is 199. The molecule has 0 aromatic rings. The van der Waals surface area contributed by atoms with Crippen molar-refractivity contribution in [3.05, 3.63) is 0 Å². The van der Waals surface area contributed by atoms with Crippen molar-refractivity contribution in [3.63, 3.8) is 0 Å². The molecule has 1 nitrogen and oxygen atoms in total. The molecule has 0 rings (SSSR count). The van der Waals surface area contributed by atoms with Crippen LogP contribution in [-0.2, 0) is 0 Å². The average Bonchev–Trinajstić information content (AvgIpc) is 2.24. The van der Waals surface area contributed by atoms with E-state index in [9.17, 15) is 0 Å². The molecule has 0 saturated heterocycles. The van der Waals surface area contributed by atoms with E-state index in [1.165, 1.54) is 32.1 Å². The second kappa shape index (κ2) is 10.2. The van der Waals surface area contributed by atoms with Crippen LogP contribution < -0.4 is 0 Å². The highest BCUT2D eigenvalue weighted by molar-refractivity contribution is 8.29. The van der Waals surface area contributed by atoms with Crippen LogP contribution in [0.2, 0.25) is 19.6 Å². The third kappa shape index (κ3) is 12.5. The molecule has 0 saturated carbocycles. The van der Waals surface area contributed by atoms with Gasteiger partial charge in [-0.2, -0.15) is 11.2 Å². The molecule has 1 unspecified atom stereocenters. The van der Waals surface area contributed by atoms with Gasteiger partial charge < -0.3 is 0 Å². The summed E-state index contributed by atoms with van der Waals surface area (Å²) in [6.07, 6.45) is 9.76. The quantitative estimate of drug-likeness (QED) is 0.296. The highest BCUT2D eigenvalue weighted by Crippen LogP contribution is 2.29. The average molecular weight is 274 g/mol. The molecule has 0 fully saturated rings. The maximum atomic E-state index is 4.49. The number of hydrogen-bond acceptors (Lipinski definition) is 2. The smallest absolute Gasteiger partial charge is 0.108 e. The van der Waals surface area contributed by atoms with Crippen LogP contribution in [0.5, 0.6) is 0 Å². The molecule has 0 amide bonds. The molecule has 0 radical (unpaired) electrons. The minimum absolute atomic E-state index is 0.868. The lowest BCUT2D eigenvalue weighted by Crippen LogP contribution is -2.20. The highest BCUT2D eigenvalue weighted by atomic mass is 32.4. The zero-order valence-corrected chi connectivity index (χ0v) is 14.3. The summed E-state index contributed by atoms with van der Waals surface area (Å²) in [5.74, 6) is 0. The van der Waals surface area contributed by atoms with Crippen molar-refractivity contribution in [1.82, 2.24) is 0 Å². The molecule has 17 heavy (non-hydrogen) atoms. The van der Waals surface area contributed by atoms with Crippen LogP contribution in [0.15, 0.2) is 4.99 Å². The minimum Gasteiger partial charge on any atom is -0.298 e. The van der Waals surface area contributed by atoms with Gasteiger partial charge in [0, 0.05) is 6.54 Å². The van der Waals surface area contributed by atoms with E-state index in [-0.39, 0.29) is 0 Å². The van der Waals surface area contributed by atoms with E-state index >= 15 is 0 Å². The largest absolute Gasteiger partial charge is 0.298 e. The molecular weight excluding hydrogens is 242 g/mol. The lowest BCUT2D eigenvalue weighted by Gasteiger charge is -2.23. The fraction of sp³-hybridized carbons (Fsp3) is 0.929. The van der Waals surface area contributed by atoms with Gasteiger partial charge in [0.2, 0.25) is 0 Å². The molecule has 0 aliphatic rings. The van der Waals surface area contributed by atoms with E-state index < -0.39 is 7.22 Å². The van der Waals surface area contributed by atoms with Crippen molar-refractivity contribution >= 4 is 24.6 Å². The Kier molecular flexibility index (Phi) is 10.3.